The number of halogens is 1. The van der Waals surface area contributed by atoms with Gasteiger partial charge in [0, 0.05) is 17.1 Å². The third-order valence-electron chi connectivity index (χ3n) is 5.45. The van der Waals surface area contributed by atoms with Crippen molar-refractivity contribution in [3.05, 3.63) is 68.5 Å². The SMILES string of the molecule is CCCc1cc(=O)oc2c3c(c(Cl)cc12)OCN(c1ccc(C(C)(C)C)cc1)C3. The van der Waals surface area contributed by atoms with E-state index >= 15 is 0 Å². The summed E-state index contributed by atoms with van der Waals surface area (Å²) >= 11 is 6.53. The van der Waals surface area contributed by atoms with Crippen molar-refractivity contribution in [3.8, 4) is 5.75 Å². The smallest absolute Gasteiger partial charge is 0.336 e. The van der Waals surface area contributed by atoms with Crippen LogP contribution in [-0.4, -0.2) is 6.73 Å². The van der Waals surface area contributed by atoms with Crippen LogP contribution >= 0.6 is 11.6 Å². The Morgan fingerprint density at radius 2 is 1.86 bits per heavy atom. The summed E-state index contributed by atoms with van der Waals surface area (Å²) in [5, 5.41) is 1.45. The maximum Gasteiger partial charge on any atom is 0.336 e. The first kappa shape index (κ1) is 19.8. The Kier molecular flexibility index (Phi) is 5.07. The Bertz CT molecular complexity index is 1110. The summed E-state index contributed by atoms with van der Waals surface area (Å²) in [5.41, 5.74) is 4.48. The van der Waals surface area contributed by atoms with Gasteiger partial charge in [-0.1, -0.05) is 57.8 Å². The second-order valence-corrected chi connectivity index (χ2v) is 9.06. The van der Waals surface area contributed by atoms with Gasteiger partial charge in [0.25, 0.3) is 0 Å². The number of hydrogen-bond donors (Lipinski definition) is 0. The molecule has 0 bridgehead atoms. The van der Waals surface area contributed by atoms with E-state index in [-0.39, 0.29) is 11.0 Å². The Labute approximate surface area is 176 Å². The molecule has 5 heteroatoms. The molecule has 0 saturated carbocycles. The molecule has 4 nitrogen and oxygen atoms in total. The van der Waals surface area contributed by atoms with Gasteiger partial charge in [-0.2, -0.15) is 0 Å². The summed E-state index contributed by atoms with van der Waals surface area (Å²) in [4.78, 5) is 14.3. The van der Waals surface area contributed by atoms with Crippen molar-refractivity contribution in [2.75, 3.05) is 11.6 Å². The number of ether oxygens (including phenoxy) is 1. The third kappa shape index (κ3) is 3.74. The van der Waals surface area contributed by atoms with E-state index in [1.54, 1.807) is 6.07 Å². The number of nitrogens with zero attached hydrogens (tertiary/aromatic N) is 1. The van der Waals surface area contributed by atoms with E-state index < -0.39 is 0 Å². The molecule has 0 spiro atoms. The van der Waals surface area contributed by atoms with Crippen LogP contribution in [0.25, 0.3) is 11.0 Å². The number of rotatable bonds is 3. The maximum atomic E-state index is 12.2. The minimum absolute atomic E-state index is 0.104. The lowest BCUT2D eigenvalue weighted by Gasteiger charge is -2.32. The zero-order chi connectivity index (χ0) is 20.8. The average molecular weight is 412 g/mol. The van der Waals surface area contributed by atoms with Gasteiger partial charge in [-0.05, 0) is 41.2 Å². The van der Waals surface area contributed by atoms with Gasteiger partial charge in [0.2, 0.25) is 0 Å². The minimum atomic E-state index is -0.336. The molecule has 0 aliphatic carbocycles. The monoisotopic (exact) mass is 411 g/mol. The summed E-state index contributed by atoms with van der Waals surface area (Å²) in [5.74, 6) is 0.610. The molecule has 0 fully saturated rings. The van der Waals surface area contributed by atoms with Gasteiger partial charge in [-0.3, -0.25) is 0 Å². The number of benzene rings is 2. The van der Waals surface area contributed by atoms with Crippen LogP contribution in [0, 0.1) is 0 Å². The van der Waals surface area contributed by atoms with Gasteiger partial charge < -0.3 is 14.1 Å². The van der Waals surface area contributed by atoms with Gasteiger partial charge in [-0.25, -0.2) is 4.79 Å². The first-order valence-electron chi connectivity index (χ1n) is 10.0. The Morgan fingerprint density at radius 3 is 2.52 bits per heavy atom. The van der Waals surface area contributed by atoms with Crippen LogP contribution in [-0.2, 0) is 18.4 Å². The van der Waals surface area contributed by atoms with Crippen molar-refractivity contribution in [2.24, 2.45) is 0 Å². The van der Waals surface area contributed by atoms with E-state index in [2.05, 4.69) is 56.9 Å². The Balaban J connectivity index is 1.77. The lowest BCUT2D eigenvalue weighted by molar-refractivity contribution is 0.289. The number of fused-ring (bicyclic) bond motifs is 3. The highest BCUT2D eigenvalue weighted by Crippen LogP contribution is 2.40. The van der Waals surface area contributed by atoms with E-state index in [1.807, 2.05) is 6.07 Å². The second-order valence-electron chi connectivity index (χ2n) is 8.65. The molecule has 0 unspecified atom stereocenters. The van der Waals surface area contributed by atoms with Crippen LogP contribution in [0.2, 0.25) is 5.02 Å². The minimum Gasteiger partial charge on any atom is -0.471 e. The van der Waals surface area contributed by atoms with Crippen molar-refractivity contribution < 1.29 is 9.15 Å². The van der Waals surface area contributed by atoms with Crippen LogP contribution in [0.15, 0.2) is 45.6 Å². The second kappa shape index (κ2) is 7.42. The van der Waals surface area contributed by atoms with Crippen molar-refractivity contribution in [3.63, 3.8) is 0 Å². The molecule has 29 heavy (non-hydrogen) atoms. The first-order valence-corrected chi connectivity index (χ1v) is 10.4. The summed E-state index contributed by atoms with van der Waals surface area (Å²) in [7, 11) is 0. The highest BCUT2D eigenvalue weighted by molar-refractivity contribution is 6.33. The van der Waals surface area contributed by atoms with Crippen molar-refractivity contribution in [1.29, 1.82) is 0 Å². The fourth-order valence-electron chi connectivity index (χ4n) is 3.87. The largest absolute Gasteiger partial charge is 0.471 e. The van der Waals surface area contributed by atoms with Crippen LogP contribution in [0.3, 0.4) is 0 Å². The van der Waals surface area contributed by atoms with Crippen LogP contribution in [0.5, 0.6) is 5.75 Å². The molecule has 0 atom stereocenters. The van der Waals surface area contributed by atoms with Gasteiger partial charge in [0.05, 0.1) is 17.1 Å². The van der Waals surface area contributed by atoms with Crippen LogP contribution < -0.4 is 15.3 Å². The molecule has 0 saturated heterocycles. The fourth-order valence-corrected chi connectivity index (χ4v) is 4.14. The number of hydrogen-bond acceptors (Lipinski definition) is 4. The summed E-state index contributed by atoms with van der Waals surface area (Å²) < 4.78 is 11.6. The molecule has 4 rings (SSSR count). The molecule has 1 aliphatic rings. The Morgan fingerprint density at radius 1 is 1.14 bits per heavy atom. The predicted octanol–water partition coefficient (Wildman–Crippen LogP) is 6.05. The van der Waals surface area contributed by atoms with E-state index in [0.717, 1.165) is 35.0 Å². The molecule has 3 aromatic rings. The molecule has 1 aromatic heterocycles. The lowest BCUT2D eigenvalue weighted by Crippen LogP contribution is -2.32. The summed E-state index contributed by atoms with van der Waals surface area (Å²) in [6.45, 7) is 9.66. The molecule has 2 heterocycles. The third-order valence-corrected chi connectivity index (χ3v) is 5.73. The highest BCUT2D eigenvalue weighted by Gasteiger charge is 2.26. The molecule has 1 aliphatic heterocycles. The molecule has 0 amide bonds. The number of aryl methyl sites for hydroxylation is 1. The summed E-state index contributed by atoms with van der Waals surface area (Å²) in [6, 6.07) is 12.0. The van der Waals surface area contributed by atoms with Gasteiger partial charge >= 0.3 is 5.63 Å². The zero-order valence-corrected chi connectivity index (χ0v) is 18.1. The van der Waals surface area contributed by atoms with E-state index in [0.29, 0.717) is 29.6 Å². The van der Waals surface area contributed by atoms with E-state index in [4.69, 9.17) is 20.8 Å². The van der Waals surface area contributed by atoms with E-state index in [1.165, 1.54) is 5.56 Å². The molecule has 0 N–H and O–H groups in total. The molecule has 2 aromatic carbocycles. The molecule has 152 valence electrons. The topological polar surface area (TPSA) is 42.7 Å². The normalized spacial score (nSPS) is 14.0. The molecular formula is C24H26ClNO3. The van der Waals surface area contributed by atoms with Gasteiger partial charge in [0.1, 0.15) is 11.3 Å². The van der Waals surface area contributed by atoms with Crippen molar-refractivity contribution in [2.45, 2.75) is 52.5 Å². The average Bonchev–Trinajstić information content (AvgIpc) is 2.68. The Hall–Kier alpha value is -2.46. The fraction of sp³-hybridized carbons (Fsp3) is 0.375. The number of anilines is 1. The highest BCUT2D eigenvalue weighted by atomic mass is 35.5. The quantitative estimate of drug-likeness (QED) is 0.492. The molecular weight excluding hydrogens is 386 g/mol. The lowest BCUT2D eigenvalue weighted by atomic mass is 9.87. The zero-order valence-electron chi connectivity index (χ0n) is 17.3. The van der Waals surface area contributed by atoms with Gasteiger partial charge in [0.15, 0.2) is 6.73 Å². The van der Waals surface area contributed by atoms with Crippen LogP contribution in [0.1, 0.15) is 50.8 Å². The van der Waals surface area contributed by atoms with Gasteiger partial charge in [-0.15, -0.1) is 0 Å². The predicted molar refractivity (Wildman–Crippen MR) is 118 cm³/mol. The standard InChI is InChI=1S/C24H26ClNO3/c1-5-6-15-11-21(27)29-22-18(15)12-20(25)23-19(22)13-26(14-28-23)17-9-7-16(8-10-17)24(2,3)4/h7-12H,5-6,13-14H2,1-4H3. The first-order chi connectivity index (χ1) is 13.8. The van der Waals surface area contributed by atoms with E-state index in [9.17, 15) is 4.79 Å². The molecule has 0 radical (unpaired) electrons. The maximum absolute atomic E-state index is 12.2. The summed E-state index contributed by atoms with van der Waals surface area (Å²) in [6.07, 6.45) is 1.74. The van der Waals surface area contributed by atoms with Crippen LogP contribution in [0.4, 0.5) is 5.69 Å². The van der Waals surface area contributed by atoms with Crippen molar-refractivity contribution >= 4 is 28.3 Å². The van der Waals surface area contributed by atoms with Crippen molar-refractivity contribution in [1.82, 2.24) is 0 Å².